The quantitative estimate of drug-likeness (QED) is 0.765. The van der Waals surface area contributed by atoms with E-state index >= 15 is 0 Å². The van der Waals surface area contributed by atoms with Crippen LogP contribution < -0.4 is 5.32 Å². The van der Waals surface area contributed by atoms with Gasteiger partial charge in [-0.25, -0.2) is 13.5 Å². The van der Waals surface area contributed by atoms with Crippen molar-refractivity contribution in [1.82, 2.24) is 9.78 Å². The molecule has 2 aromatic carbocycles. The van der Waals surface area contributed by atoms with Gasteiger partial charge in [-0.2, -0.15) is 5.10 Å². The number of para-hydroxylation sites is 1. The Morgan fingerprint density at radius 2 is 1.96 bits per heavy atom. The minimum absolute atomic E-state index is 0.0856. The zero-order valence-corrected chi connectivity index (χ0v) is 13.3. The van der Waals surface area contributed by atoms with Gasteiger partial charge in [-0.1, -0.05) is 23.7 Å². The van der Waals surface area contributed by atoms with Gasteiger partial charge in [0.05, 0.1) is 28.2 Å². The molecule has 0 saturated heterocycles. The molecule has 7 heteroatoms. The lowest BCUT2D eigenvalue weighted by Crippen LogP contribution is -2.13. The van der Waals surface area contributed by atoms with Gasteiger partial charge in [0.15, 0.2) is 0 Å². The summed E-state index contributed by atoms with van der Waals surface area (Å²) in [4.78, 5) is 12.4. The molecule has 0 spiro atoms. The number of halogens is 3. The zero-order valence-electron chi connectivity index (χ0n) is 12.6. The summed E-state index contributed by atoms with van der Waals surface area (Å²) < 4.78 is 28.3. The molecule has 0 atom stereocenters. The van der Waals surface area contributed by atoms with Crippen LogP contribution in [0.2, 0.25) is 5.02 Å². The van der Waals surface area contributed by atoms with Crippen LogP contribution >= 0.6 is 11.6 Å². The average Bonchev–Trinajstić information content (AvgIpc) is 2.92. The number of hydrogen-bond donors (Lipinski definition) is 1. The molecule has 0 aliphatic rings. The second-order valence-electron chi connectivity index (χ2n) is 5.09. The maximum atomic E-state index is 13.9. The van der Waals surface area contributed by atoms with E-state index in [4.69, 9.17) is 11.6 Å². The number of benzene rings is 2. The molecular formula is C17H12ClF2N3O. The number of carbonyl (C=O) groups excluding carboxylic acids is 1. The molecule has 4 nitrogen and oxygen atoms in total. The third-order valence-electron chi connectivity index (χ3n) is 3.51. The summed E-state index contributed by atoms with van der Waals surface area (Å²) >= 11 is 5.90. The van der Waals surface area contributed by atoms with Crippen molar-refractivity contribution >= 4 is 23.2 Å². The lowest BCUT2D eigenvalue weighted by Gasteiger charge is -2.08. The van der Waals surface area contributed by atoms with Crippen molar-refractivity contribution in [3.8, 4) is 5.69 Å². The zero-order chi connectivity index (χ0) is 17.3. The molecule has 0 unspecified atom stereocenters. The highest BCUT2D eigenvalue weighted by Crippen LogP contribution is 2.24. The Morgan fingerprint density at radius 3 is 2.67 bits per heavy atom. The van der Waals surface area contributed by atoms with E-state index in [1.807, 2.05) is 0 Å². The Bertz CT molecular complexity index is 924. The topological polar surface area (TPSA) is 46.9 Å². The van der Waals surface area contributed by atoms with Gasteiger partial charge in [0, 0.05) is 0 Å². The summed E-state index contributed by atoms with van der Waals surface area (Å²) in [7, 11) is 0. The first-order chi connectivity index (χ1) is 11.5. The number of aromatic nitrogens is 2. The van der Waals surface area contributed by atoms with Gasteiger partial charge < -0.3 is 5.32 Å². The largest absolute Gasteiger partial charge is 0.321 e. The lowest BCUT2D eigenvalue weighted by atomic mass is 10.2. The number of rotatable bonds is 3. The van der Waals surface area contributed by atoms with Crippen LogP contribution in [0.4, 0.5) is 14.5 Å². The first-order valence-electron chi connectivity index (χ1n) is 7.03. The van der Waals surface area contributed by atoms with Gasteiger partial charge >= 0.3 is 0 Å². The first-order valence-corrected chi connectivity index (χ1v) is 7.41. The van der Waals surface area contributed by atoms with E-state index in [0.717, 1.165) is 6.07 Å². The molecule has 0 aliphatic heterocycles. The molecule has 0 bridgehead atoms. The average molecular weight is 348 g/mol. The van der Waals surface area contributed by atoms with Crippen LogP contribution in [-0.4, -0.2) is 15.7 Å². The van der Waals surface area contributed by atoms with E-state index in [1.54, 1.807) is 25.1 Å². The fraction of sp³-hybridized carbons (Fsp3) is 0.0588. The highest BCUT2D eigenvalue weighted by Gasteiger charge is 2.17. The number of nitrogens with one attached hydrogen (secondary N) is 1. The Kier molecular flexibility index (Phi) is 4.31. The van der Waals surface area contributed by atoms with Gasteiger partial charge in [0.25, 0.3) is 5.91 Å². The molecule has 24 heavy (non-hydrogen) atoms. The monoisotopic (exact) mass is 347 g/mol. The van der Waals surface area contributed by atoms with E-state index in [1.165, 1.54) is 29.1 Å². The van der Waals surface area contributed by atoms with Crippen LogP contribution in [0.5, 0.6) is 0 Å². The SMILES string of the molecule is Cc1c(C(=O)Nc2ccc(F)cc2Cl)cnn1-c1ccccc1F. The Labute approximate surface area is 141 Å². The molecule has 122 valence electrons. The van der Waals surface area contributed by atoms with E-state index in [0.29, 0.717) is 5.69 Å². The van der Waals surface area contributed by atoms with Gasteiger partial charge in [-0.3, -0.25) is 4.79 Å². The summed E-state index contributed by atoms with van der Waals surface area (Å²) in [6, 6.07) is 9.79. The highest BCUT2D eigenvalue weighted by molar-refractivity contribution is 6.33. The van der Waals surface area contributed by atoms with Crippen LogP contribution in [-0.2, 0) is 0 Å². The van der Waals surface area contributed by atoms with Crippen molar-refractivity contribution in [3.05, 3.63) is 76.6 Å². The van der Waals surface area contributed by atoms with Crippen LogP contribution in [0.1, 0.15) is 16.1 Å². The summed E-state index contributed by atoms with van der Waals surface area (Å²) in [6.07, 6.45) is 1.34. The van der Waals surface area contributed by atoms with Crippen LogP contribution in [0.15, 0.2) is 48.7 Å². The Balaban J connectivity index is 1.91. The second kappa shape index (κ2) is 6.41. The van der Waals surface area contributed by atoms with Gasteiger partial charge in [-0.05, 0) is 37.3 Å². The summed E-state index contributed by atoms with van der Waals surface area (Å²) in [5, 5.41) is 6.74. The lowest BCUT2D eigenvalue weighted by molar-refractivity contribution is 0.102. The molecule has 3 aromatic rings. The number of nitrogens with zero attached hydrogens (tertiary/aromatic N) is 2. The fourth-order valence-electron chi connectivity index (χ4n) is 2.28. The number of amides is 1. The molecule has 0 radical (unpaired) electrons. The summed E-state index contributed by atoms with van der Waals surface area (Å²) in [6.45, 7) is 1.65. The normalized spacial score (nSPS) is 10.7. The summed E-state index contributed by atoms with van der Waals surface area (Å²) in [5.41, 5.74) is 1.25. The maximum absolute atomic E-state index is 13.9. The minimum Gasteiger partial charge on any atom is -0.321 e. The third-order valence-corrected chi connectivity index (χ3v) is 3.83. The minimum atomic E-state index is -0.499. The molecule has 0 aliphatic carbocycles. The molecule has 3 rings (SSSR count). The predicted octanol–water partition coefficient (Wildman–Crippen LogP) is 4.36. The predicted molar refractivity (Wildman–Crippen MR) is 87.6 cm³/mol. The Hall–Kier alpha value is -2.73. The molecular weight excluding hydrogens is 336 g/mol. The summed E-state index contributed by atoms with van der Waals surface area (Å²) in [5.74, 6) is -1.41. The second-order valence-corrected chi connectivity index (χ2v) is 5.49. The highest BCUT2D eigenvalue weighted by atomic mass is 35.5. The van der Waals surface area contributed by atoms with Crippen LogP contribution in [0, 0.1) is 18.6 Å². The fourth-order valence-corrected chi connectivity index (χ4v) is 2.49. The van der Waals surface area contributed by atoms with Gasteiger partial charge in [-0.15, -0.1) is 0 Å². The van der Waals surface area contributed by atoms with Crippen molar-refractivity contribution in [2.75, 3.05) is 5.32 Å². The number of carbonyl (C=O) groups is 1. The van der Waals surface area contributed by atoms with Crippen LogP contribution in [0.25, 0.3) is 5.69 Å². The van der Waals surface area contributed by atoms with Crippen molar-refractivity contribution in [2.24, 2.45) is 0 Å². The van der Waals surface area contributed by atoms with E-state index in [2.05, 4.69) is 10.4 Å². The maximum Gasteiger partial charge on any atom is 0.259 e. The molecule has 1 N–H and O–H groups in total. The van der Waals surface area contributed by atoms with Crippen molar-refractivity contribution in [3.63, 3.8) is 0 Å². The molecule has 0 fully saturated rings. The van der Waals surface area contributed by atoms with Gasteiger partial charge in [0.2, 0.25) is 0 Å². The first kappa shape index (κ1) is 16.1. The number of hydrogen-bond acceptors (Lipinski definition) is 2. The van der Waals surface area contributed by atoms with Gasteiger partial charge in [0.1, 0.15) is 17.3 Å². The van der Waals surface area contributed by atoms with Crippen molar-refractivity contribution in [1.29, 1.82) is 0 Å². The molecule has 1 amide bonds. The third kappa shape index (κ3) is 3.00. The van der Waals surface area contributed by atoms with E-state index < -0.39 is 17.5 Å². The standard InChI is InChI=1S/C17H12ClF2N3O/c1-10-12(9-21-23(10)16-5-3-2-4-14(16)20)17(24)22-15-7-6-11(19)8-13(15)18/h2-9H,1H3,(H,22,24). The molecule has 1 aromatic heterocycles. The number of anilines is 1. The van der Waals surface area contributed by atoms with E-state index in [9.17, 15) is 13.6 Å². The van der Waals surface area contributed by atoms with Crippen molar-refractivity contribution < 1.29 is 13.6 Å². The smallest absolute Gasteiger partial charge is 0.259 e. The molecule has 1 heterocycles. The van der Waals surface area contributed by atoms with Crippen molar-refractivity contribution in [2.45, 2.75) is 6.92 Å². The molecule has 0 saturated carbocycles. The van der Waals surface area contributed by atoms with Crippen LogP contribution in [0.3, 0.4) is 0 Å². The Morgan fingerprint density at radius 1 is 1.21 bits per heavy atom. The van der Waals surface area contributed by atoms with E-state index in [-0.39, 0.29) is 22.0 Å².